The van der Waals surface area contributed by atoms with Gasteiger partial charge in [-0.1, -0.05) is 41.9 Å². The molecule has 212 valence electrons. The Labute approximate surface area is 238 Å². The monoisotopic (exact) mass is 567 g/mol. The zero-order valence-corrected chi connectivity index (χ0v) is 23.0. The second-order valence-electron chi connectivity index (χ2n) is 10.2. The van der Waals surface area contributed by atoms with Gasteiger partial charge in [0.05, 0.1) is 6.61 Å². The Balaban J connectivity index is 1.28. The molecule has 3 aromatic carbocycles. The maximum atomic E-state index is 12.6. The van der Waals surface area contributed by atoms with E-state index in [1.807, 2.05) is 37.3 Å². The van der Waals surface area contributed by atoms with E-state index < -0.39 is 30.5 Å². The van der Waals surface area contributed by atoms with Crippen LogP contribution in [-0.2, 0) is 11.2 Å². The summed E-state index contributed by atoms with van der Waals surface area (Å²) in [4.78, 5) is 14.3. The van der Waals surface area contributed by atoms with Crippen LogP contribution in [0.1, 0.15) is 46.5 Å². The first kappa shape index (κ1) is 28.4. The largest absolute Gasteiger partial charge is 0.494 e. The van der Waals surface area contributed by atoms with Crippen LogP contribution in [0.3, 0.4) is 0 Å². The van der Waals surface area contributed by atoms with Gasteiger partial charge in [0.25, 0.3) is 5.91 Å². The summed E-state index contributed by atoms with van der Waals surface area (Å²) in [7, 11) is 0. The summed E-state index contributed by atoms with van der Waals surface area (Å²) < 4.78 is 17.5. The van der Waals surface area contributed by atoms with Gasteiger partial charge in [-0.25, -0.2) is 0 Å². The third-order valence-electron chi connectivity index (χ3n) is 7.38. The van der Waals surface area contributed by atoms with Crippen molar-refractivity contribution >= 4 is 17.5 Å². The quantitative estimate of drug-likeness (QED) is 0.361. The third kappa shape index (κ3) is 6.27. The lowest BCUT2D eigenvalue weighted by Crippen LogP contribution is -2.55. The smallest absolute Gasteiger partial charge is 0.253 e. The zero-order valence-electron chi connectivity index (χ0n) is 22.3. The van der Waals surface area contributed by atoms with Gasteiger partial charge in [0.15, 0.2) is 0 Å². The predicted molar refractivity (Wildman–Crippen MR) is 150 cm³/mol. The molecule has 5 rings (SSSR count). The van der Waals surface area contributed by atoms with Crippen LogP contribution >= 0.6 is 11.6 Å². The lowest BCUT2D eigenvalue weighted by atomic mass is 9.90. The highest BCUT2D eigenvalue weighted by atomic mass is 35.5. The Morgan fingerprint density at radius 1 is 0.950 bits per heavy atom. The minimum absolute atomic E-state index is 0.0481. The van der Waals surface area contributed by atoms with E-state index in [-0.39, 0.29) is 12.5 Å². The van der Waals surface area contributed by atoms with E-state index in [2.05, 4.69) is 0 Å². The molecule has 8 nitrogen and oxygen atoms in total. The molecule has 0 aromatic heterocycles. The van der Waals surface area contributed by atoms with Crippen LogP contribution in [0.25, 0.3) is 0 Å². The maximum absolute atomic E-state index is 12.6. The number of nitrogens with zero attached hydrogens (tertiary/aromatic N) is 1. The van der Waals surface area contributed by atoms with E-state index >= 15 is 0 Å². The molecule has 40 heavy (non-hydrogen) atoms. The fraction of sp³-hybridized carbons (Fsp3) is 0.387. The standard InChI is InChI=1S/C31H34ClNO7/c1-2-38-23-10-7-19(8-11-23)15-22-16-20(9-12-25(22)32)30-29(36)28(35)27(34)26(40-30)18-39-24-6-3-5-21(17-24)31(37)33-13-4-14-33/h3,5-12,16-17,26-30,34-36H,2,4,13-15,18H2,1H3. The topological polar surface area (TPSA) is 109 Å². The second-order valence-corrected chi connectivity index (χ2v) is 10.6. The summed E-state index contributed by atoms with van der Waals surface area (Å²) in [5.74, 6) is 1.19. The number of carbonyl (C=O) groups is 1. The molecule has 0 spiro atoms. The highest BCUT2D eigenvalue weighted by Gasteiger charge is 2.44. The van der Waals surface area contributed by atoms with Gasteiger partial charge >= 0.3 is 0 Å². The van der Waals surface area contributed by atoms with Crippen molar-refractivity contribution < 1.29 is 34.3 Å². The molecule has 0 aliphatic carbocycles. The number of benzene rings is 3. The van der Waals surface area contributed by atoms with Gasteiger partial charge in [0.1, 0.15) is 48.6 Å². The number of hydrogen-bond donors (Lipinski definition) is 3. The number of rotatable bonds is 9. The molecular formula is C31H34ClNO7. The molecule has 2 aliphatic rings. The summed E-state index contributed by atoms with van der Waals surface area (Å²) in [5.41, 5.74) is 3.01. The van der Waals surface area contributed by atoms with Crippen molar-refractivity contribution in [3.8, 4) is 11.5 Å². The Morgan fingerprint density at radius 3 is 2.42 bits per heavy atom. The van der Waals surface area contributed by atoms with E-state index in [0.29, 0.717) is 34.9 Å². The molecule has 9 heteroatoms. The van der Waals surface area contributed by atoms with Crippen molar-refractivity contribution in [2.24, 2.45) is 0 Å². The van der Waals surface area contributed by atoms with Crippen LogP contribution in [-0.4, -0.2) is 76.8 Å². The molecule has 0 radical (unpaired) electrons. The van der Waals surface area contributed by atoms with Gasteiger partial charge in [-0.3, -0.25) is 4.79 Å². The fourth-order valence-electron chi connectivity index (χ4n) is 4.96. The lowest BCUT2D eigenvalue weighted by Gasteiger charge is -2.40. The molecule has 2 heterocycles. The van der Waals surface area contributed by atoms with Crippen molar-refractivity contribution in [3.05, 3.63) is 94.0 Å². The molecule has 1 amide bonds. The minimum atomic E-state index is -1.45. The molecule has 3 N–H and O–H groups in total. The predicted octanol–water partition coefficient (Wildman–Crippen LogP) is 3.78. The first-order valence-electron chi connectivity index (χ1n) is 13.6. The number of halogens is 1. The van der Waals surface area contributed by atoms with E-state index in [9.17, 15) is 20.1 Å². The second kappa shape index (κ2) is 12.6. The van der Waals surface area contributed by atoms with Crippen LogP contribution in [0.5, 0.6) is 11.5 Å². The van der Waals surface area contributed by atoms with Crippen molar-refractivity contribution in [2.75, 3.05) is 26.3 Å². The first-order valence-corrected chi connectivity index (χ1v) is 13.9. The van der Waals surface area contributed by atoms with Crippen molar-refractivity contribution in [3.63, 3.8) is 0 Å². The molecule has 0 bridgehead atoms. The normalized spacial score (nSPS) is 24.3. The van der Waals surface area contributed by atoms with Crippen LogP contribution in [0.15, 0.2) is 66.7 Å². The van der Waals surface area contributed by atoms with Crippen molar-refractivity contribution in [1.29, 1.82) is 0 Å². The van der Waals surface area contributed by atoms with Crippen LogP contribution in [0.4, 0.5) is 0 Å². The number of amides is 1. The molecule has 2 saturated heterocycles. The summed E-state index contributed by atoms with van der Waals surface area (Å²) in [5, 5.41) is 32.7. The molecule has 0 saturated carbocycles. The van der Waals surface area contributed by atoms with Gasteiger partial charge in [0.2, 0.25) is 0 Å². The Morgan fingerprint density at radius 2 is 1.73 bits per heavy atom. The summed E-state index contributed by atoms with van der Waals surface area (Å²) in [6.45, 7) is 3.94. The average Bonchev–Trinajstić information content (AvgIpc) is 2.93. The van der Waals surface area contributed by atoms with E-state index in [1.165, 1.54) is 0 Å². The van der Waals surface area contributed by atoms with Crippen LogP contribution < -0.4 is 9.47 Å². The van der Waals surface area contributed by atoms with E-state index in [0.717, 1.165) is 36.4 Å². The van der Waals surface area contributed by atoms with Crippen molar-refractivity contribution in [1.82, 2.24) is 4.90 Å². The Bertz CT molecular complexity index is 1310. The molecule has 2 aliphatic heterocycles. The molecular weight excluding hydrogens is 534 g/mol. The fourth-order valence-corrected chi connectivity index (χ4v) is 5.14. The van der Waals surface area contributed by atoms with Gasteiger partial charge in [-0.05, 0) is 72.9 Å². The molecule has 5 atom stereocenters. The molecule has 2 fully saturated rings. The number of aliphatic hydroxyl groups is 3. The van der Waals surface area contributed by atoms with E-state index in [1.54, 1.807) is 41.3 Å². The number of hydrogen-bond acceptors (Lipinski definition) is 7. The highest BCUT2D eigenvalue weighted by Crippen LogP contribution is 2.35. The van der Waals surface area contributed by atoms with Crippen molar-refractivity contribution in [2.45, 2.75) is 50.3 Å². The Hall–Kier alpha value is -3.14. The number of ether oxygens (including phenoxy) is 3. The van der Waals surface area contributed by atoms with Gasteiger partial charge in [0, 0.05) is 23.7 Å². The highest BCUT2D eigenvalue weighted by molar-refractivity contribution is 6.31. The average molecular weight is 568 g/mol. The van der Waals surface area contributed by atoms with Gasteiger partial charge in [-0.2, -0.15) is 0 Å². The van der Waals surface area contributed by atoms with Crippen LogP contribution in [0.2, 0.25) is 5.02 Å². The lowest BCUT2D eigenvalue weighted by molar-refractivity contribution is -0.230. The summed E-state index contributed by atoms with van der Waals surface area (Å²) in [6.07, 6.45) is -4.46. The maximum Gasteiger partial charge on any atom is 0.253 e. The number of likely N-dealkylation sites (tertiary alicyclic amines) is 1. The van der Waals surface area contributed by atoms with Gasteiger partial charge < -0.3 is 34.4 Å². The number of aliphatic hydroxyl groups excluding tert-OH is 3. The molecule has 3 aromatic rings. The van der Waals surface area contributed by atoms with Crippen LogP contribution in [0, 0.1) is 0 Å². The first-order chi connectivity index (χ1) is 19.3. The summed E-state index contributed by atoms with van der Waals surface area (Å²) >= 11 is 6.50. The zero-order chi connectivity index (χ0) is 28.2. The van der Waals surface area contributed by atoms with Gasteiger partial charge in [-0.15, -0.1) is 0 Å². The van der Waals surface area contributed by atoms with E-state index in [4.69, 9.17) is 25.8 Å². The summed E-state index contributed by atoms with van der Waals surface area (Å²) in [6, 6.07) is 19.9. The SMILES string of the molecule is CCOc1ccc(Cc2cc(C3OC(COc4cccc(C(=O)N5CCC5)c4)C(O)C(O)C3O)ccc2Cl)cc1. The minimum Gasteiger partial charge on any atom is -0.494 e. The molecule has 5 unspecified atom stereocenters. The number of carbonyl (C=O) groups excluding carboxylic acids is 1. The third-order valence-corrected chi connectivity index (χ3v) is 7.75. The Kier molecular flexibility index (Phi) is 8.93.